The summed E-state index contributed by atoms with van der Waals surface area (Å²) in [6, 6.07) is 10.8. The molecule has 198 valence electrons. The zero-order valence-electron chi connectivity index (χ0n) is 20.6. The van der Waals surface area contributed by atoms with Crippen molar-refractivity contribution in [2.45, 2.75) is 4.90 Å². The molecule has 7 N–H and O–H groups in total. The maximum absolute atomic E-state index is 12.9. The lowest BCUT2D eigenvalue weighted by Crippen LogP contribution is -2.44. The van der Waals surface area contributed by atoms with Gasteiger partial charge < -0.3 is 31.4 Å². The van der Waals surface area contributed by atoms with Gasteiger partial charge in [-0.15, -0.1) is 0 Å². The Bertz CT molecular complexity index is 1550. The van der Waals surface area contributed by atoms with Gasteiger partial charge in [-0.3, -0.25) is 0 Å². The summed E-state index contributed by atoms with van der Waals surface area (Å²) in [5.41, 5.74) is 10.4. The van der Waals surface area contributed by atoms with Crippen molar-refractivity contribution in [3.05, 3.63) is 59.9 Å². The van der Waals surface area contributed by atoms with E-state index in [1.165, 1.54) is 0 Å². The van der Waals surface area contributed by atoms with Crippen LogP contribution in [0.15, 0.2) is 53.7 Å². The summed E-state index contributed by atoms with van der Waals surface area (Å²) in [6.45, 7) is 2.52. The van der Waals surface area contributed by atoms with Gasteiger partial charge in [-0.1, -0.05) is 18.2 Å². The second-order valence-corrected chi connectivity index (χ2v) is 10.5. The Morgan fingerprint density at radius 2 is 1.82 bits per heavy atom. The summed E-state index contributed by atoms with van der Waals surface area (Å²) in [7, 11) is -3.79. The van der Waals surface area contributed by atoms with Crippen LogP contribution in [0.25, 0.3) is 23.2 Å². The number of aromatic nitrogens is 4. The van der Waals surface area contributed by atoms with Crippen molar-refractivity contribution in [3.8, 4) is 0 Å². The van der Waals surface area contributed by atoms with Crippen LogP contribution in [-0.2, 0) is 10.0 Å². The average Bonchev–Trinajstić information content (AvgIpc) is 3.31. The first-order valence-corrected chi connectivity index (χ1v) is 13.6. The molecule has 0 spiro atoms. The molecule has 0 aliphatic carbocycles. The molecule has 3 heterocycles. The van der Waals surface area contributed by atoms with Crippen LogP contribution in [0.2, 0.25) is 0 Å². The molecule has 2 aromatic carbocycles. The Labute approximate surface area is 220 Å². The highest BCUT2D eigenvalue weighted by molar-refractivity contribution is 7.89. The van der Waals surface area contributed by atoms with E-state index in [1.54, 1.807) is 30.6 Å². The van der Waals surface area contributed by atoms with Crippen LogP contribution in [0.5, 0.6) is 0 Å². The number of nitrogens with two attached hydrogens (primary N) is 1. The van der Waals surface area contributed by atoms with Crippen LogP contribution >= 0.6 is 0 Å². The molecule has 1 aliphatic rings. The summed E-state index contributed by atoms with van der Waals surface area (Å²) >= 11 is 0. The maximum atomic E-state index is 12.9. The molecule has 1 fully saturated rings. The van der Waals surface area contributed by atoms with E-state index in [-0.39, 0.29) is 18.0 Å². The maximum Gasteiger partial charge on any atom is 0.242 e. The molecule has 1 saturated heterocycles. The number of anilines is 4. The first kappa shape index (κ1) is 25.6. The largest absolute Gasteiger partial charge is 0.395 e. The van der Waals surface area contributed by atoms with Gasteiger partial charge in [-0.2, -0.15) is 0 Å². The number of aliphatic hydroxyl groups excluding tert-OH is 1. The zero-order chi connectivity index (χ0) is 26.5. The summed E-state index contributed by atoms with van der Waals surface area (Å²) in [4.78, 5) is 18.2. The molecular formula is C25H29N9O3S. The highest BCUT2D eigenvalue weighted by atomic mass is 32.2. The van der Waals surface area contributed by atoms with Crippen LogP contribution in [-0.4, -0.2) is 72.8 Å². The van der Waals surface area contributed by atoms with Crippen molar-refractivity contribution < 1.29 is 13.5 Å². The quantitative estimate of drug-likeness (QED) is 0.184. The number of benzene rings is 2. The van der Waals surface area contributed by atoms with Crippen LogP contribution in [0.1, 0.15) is 11.1 Å². The monoisotopic (exact) mass is 535 g/mol. The number of aliphatic hydroxyl groups is 1. The minimum atomic E-state index is -3.79. The Morgan fingerprint density at radius 3 is 2.58 bits per heavy atom. The number of rotatable bonds is 9. The summed E-state index contributed by atoms with van der Waals surface area (Å²) in [5, 5.41) is 15.5. The van der Waals surface area contributed by atoms with E-state index in [0.717, 1.165) is 35.2 Å². The van der Waals surface area contributed by atoms with Crippen molar-refractivity contribution in [1.82, 2.24) is 30.0 Å². The van der Waals surface area contributed by atoms with Gasteiger partial charge >= 0.3 is 0 Å². The normalized spacial score (nSPS) is 14.4. The number of imidazole rings is 1. The number of nitrogens with one attached hydrogen (secondary N) is 4. The third-order valence-electron chi connectivity index (χ3n) is 6.03. The number of fused-ring (bicyclic) bond motifs is 1. The summed E-state index contributed by atoms with van der Waals surface area (Å²) < 4.78 is 28.2. The minimum absolute atomic E-state index is 0.0512. The van der Waals surface area contributed by atoms with Crippen molar-refractivity contribution in [1.29, 1.82) is 0 Å². The topological polar surface area (TPSA) is 174 Å². The van der Waals surface area contributed by atoms with Crippen LogP contribution < -0.4 is 26.0 Å². The summed E-state index contributed by atoms with van der Waals surface area (Å²) in [6.07, 6.45) is 7.26. The van der Waals surface area contributed by atoms with Gasteiger partial charge in [0.2, 0.25) is 16.0 Å². The minimum Gasteiger partial charge on any atom is -0.395 e. The van der Waals surface area contributed by atoms with Gasteiger partial charge in [0.25, 0.3) is 0 Å². The predicted octanol–water partition coefficient (Wildman–Crippen LogP) is 1.53. The van der Waals surface area contributed by atoms with E-state index in [2.05, 4.69) is 35.3 Å². The number of nitrogens with zero attached hydrogens (tertiary/aromatic N) is 4. The van der Waals surface area contributed by atoms with Crippen LogP contribution in [0.3, 0.4) is 0 Å². The molecule has 0 amide bonds. The third kappa shape index (κ3) is 5.92. The van der Waals surface area contributed by atoms with Gasteiger partial charge in [0.05, 0.1) is 23.3 Å². The number of sulfonamides is 1. The Kier molecular flexibility index (Phi) is 7.51. The standard InChI is InChI=1S/C25H29N9O3S/c26-24-32-20-5-3-17(13-21(20)33-24)1-2-18-15-28-25(29-16-18)31-19-4-6-23(38(36,37)30-9-12-35)22(14-19)34-10-7-27-8-11-34/h1-6,13-16,27,30,35H,7-12H2,(H3,26,32,33)(H,28,29,31). The van der Waals surface area contributed by atoms with E-state index in [0.29, 0.717) is 36.4 Å². The molecule has 0 atom stereocenters. The molecule has 4 aromatic rings. The first-order valence-electron chi connectivity index (χ1n) is 12.1. The van der Waals surface area contributed by atoms with E-state index < -0.39 is 10.0 Å². The van der Waals surface area contributed by atoms with E-state index in [9.17, 15) is 8.42 Å². The van der Waals surface area contributed by atoms with Gasteiger partial charge in [-0.25, -0.2) is 28.1 Å². The predicted molar refractivity (Wildman–Crippen MR) is 149 cm³/mol. The molecule has 12 nitrogen and oxygen atoms in total. The fourth-order valence-corrected chi connectivity index (χ4v) is 5.42. The first-order chi connectivity index (χ1) is 18.4. The number of nitrogen functional groups attached to an aromatic ring is 1. The van der Waals surface area contributed by atoms with Crippen molar-refractivity contribution in [2.75, 3.05) is 55.3 Å². The van der Waals surface area contributed by atoms with E-state index >= 15 is 0 Å². The fraction of sp³-hybridized carbons (Fsp3) is 0.240. The molecule has 1 aliphatic heterocycles. The lowest BCUT2D eigenvalue weighted by Gasteiger charge is -2.31. The van der Waals surface area contributed by atoms with Gasteiger partial charge in [-0.05, 0) is 35.9 Å². The smallest absolute Gasteiger partial charge is 0.242 e. The van der Waals surface area contributed by atoms with E-state index in [1.807, 2.05) is 35.3 Å². The zero-order valence-corrected chi connectivity index (χ0v) is 21.4. The molecule has 0 saturated carbocycles. The van der Waals surface area contributed by atoms with Gasteiger partial charge in [0, 0.05) is 56.4 Å². The van der Waals surface area contributed by atoms with Crippen LogP contribution in [0, 0.1) is 0 Å². The molecule has 2 aromatic heterocycles. The number of aromatic amines is 1. The molecule has 0 unspecified atom stereocenters. The molecule has 5 rings (SSSR count). The highest BCUT2D eigenvalue weighted by Crippen LogP contribution is 2.30. The fourth-order valence-electron chi connectivity index (χ4n) is 4.19. The molecular weight excluding hydrogens is 506 g/mol. The molecule has 0 radical (unpaired) electrons. The Hall–Kier alpha value is -4.04. The molecule has 13 heteroatoms. The Morgan fingerprint density at radius 1 is 1.05 bits per heavy atom. The van der Waals surface area contributed by atoms with Crippen molar-refractivity contribution in [3.63, 3.8) is 0 Å². The lowest BCUT2D eigenvalue weighted by atomic mass is 10.1. The van der Waals surface area contributed by atoms with Crippen molar-refractivity contribution in [2.24, 2.45) is 0 Å². The Balaban J connectivity index is 1.33. The number of hydrogen-bond donors (Lipinski definition) is 6. The third-order valence-corrected chi connectivity index (χ3v) is 7.54. The molecule has 38 heavy (non-hydrogen) atoms. The van der Waals surface area contributed by atoms with Gasteiger partial charge in [0.1, 0.15) is 4.90 Å². The number of H-pyrrole nitrogens is 1. The lowest BCUT2D eigenvalue weighted by molar-refractivity contribution is 0.301. The number of hydrogen-bond acceptors (Lipinski definition) is 10. The molecule has 0 bridgehead atoms. The van der Waals surface area contributed by atoms with Crippen molar-refractivity contribution >= 4 is 56.5 Å². The van der Waals surface area contributed by atoms with Gasteiger partial charge in [0.15, 0.2) is 5.95 Å². The summed E-state index contributed by atoms with van der Waals surface area (Å²) in [5.74, 6) is 0.768. The van der Waals surface area contributed by atoms with Crippen LogP contribution in [0.4, 0.5) is 23.3 Å². The second kappa shape index (κ2) is 11.1. The highest BCUT2D eigenvalue weighted by Gasteiger charge is 2.23. The SMILES string of the molecule is Nc1nc2ccc(C=Cc3cnc(Nc4ccc(S(=O)(=O)NCCO)c(N5CCNCC5)c4)nc3)cc2[nH]1. The number of piperazine rings is 1. The average molecular weight is 536 g/mol. The van der Waals surface area contributed by atoms with E-state index in [4.69, 9.17) is 10.8 Å². The second-order valence-electron chi connectivity index (χ2n) is 8.74.